The first-order valence-corrected chi connectivity index (χ1v) is 8.35. The van der Waals surface area contributed by atoms with Crippen LogP contribution in [0.1, 0.15) is 15.9 Å². The van der Waals surface area contributed by atoms with Crippen LogP contribution in [0.15, 0.2) is 60.9 Å². The number of aromatic nitrogens is 3. The summed E-state index contributed by atoms with van der Waals surface area (Å²) in [5, 5.41) is 10.6. The molecule has 2 heterocycles. The largest absolute Gasteiger partial charge is 0.361 e. The smallest absolute Gasteiger partial charge is 0.255 e. The van der Waals surface area contributed by atoms with E-state index in [0.717, 1.165) is 16.5 Å². The second-order valence-electron chi connectivity index (χ2n) is 6.00. The molecule has 1 amide bonds. The Balaban J connectivity index is 1.47. The monoisotopic (exact) mass is 348 g/mol. The lowest BCUT2D eigenvalue weighted by molar-refractivity contribution is 0.0955. The van der Waals surface area contributed by atoms with Gasteiger partial charge >= 0.3 is 0 Å². The van der Waals surface area contributed by atoms with E-state index in [2.05, 4.69) is 20.5 Å². The van der Waals surface area contributed by atoms with E-state index in [0.29, 0.717) is 29.8 Å². The van der Waals surface area contributed by atoms with Gasteiger partial charge in [0, 0.05) is 23.8 Å². The molecule has 0 aliphatic heterocycles. The molecule has 0 radical (unpaired) electrons. The van der Waals surface area contributed by atoms with Crippen LogP contribution in [-0.2, 0) is 6.42 Å². The van der Waals surface area contributed by atoms with Crippen molar-refractivity contribution in [3.63, 3.8) is 0 Å². The van der Waals surface area contributed by atoms with E-state index >= 15 is 0 Å². The van der Waals surface area contributed by atoms with Gasteiger partial charge in [-0.2, -0.15) is 5.10 Å². The average molecular weight is 348 g/mol. The molecule has 0 saturated heterocycles. The number of H-pyrrole nitrogens is 2. The SMILES string of the molecule is O=C(NCCc1cccc2cc[nH]c12)c1cn[nH]c1-c1ccccc1F. The summed E-state index contributed by atoms with van der Waals surface area (Å²) in [7, 11) is 0. The summed E-state index contributed by atoms with van der Waals surface area (Å²) in [6.07, 6.45) is 4.01. The predicted molar refractivity (Wildman–Crippen MR) is 98.3 cm³/mol. The van der Waals surface area contributed by atoms with Crippen LogP contribution in [0.3, 0.4) is 0 Å². The van der Waals surface area contributed by atoms with Gasteiger partial charge in [-0.15, -0.1) is 0 Å². The van der Waals surface area contributed by atoms with Crippen LogP contribution >= 0.6 is 0 Å². The van der Waals surface area contributed by atoms with Crippen LogP contribution in [0.4, 0.5) is 4.39 Å². The molecule has 3 N–H and O–H groups in total. The molecular formula is C20H17FN4O. The highest BCUT2D eigenvalue weighted by Crippen LogP contribution is 2.24. The molecule has 6 heteroatoms. The van der Waals surface area contributed by atoms with Crippen molar-refractivity contribution in [2.75, 3.05) is 6.54 Å². The van der Waals surface area contributed by atoms with Gasteiger partial charge in [0.25, 0.3) is 5.91 Å². The molecule has 0 aliphatic carbocycles. The van der Waals surface area contributed by atoms with Crippen molar-refractivity contribution in [3.05, 3.63) is 77.9 Å². The average Bonchev–Trinajstić information content (AvgIpc) is 3.31. The fourth-order valence-electron chi connectivity index (χ4n) is 3.09. The molecule has 130 valence electrons. The third kappa shape index (κ3) is 2.97. The number of carbonyl (C=O) groups excluding carboxylic acids is 1. The molecule has 2 aromatic carbocycles. The minimum Gasteiger partial charge on any atom is -0.361 e. The number of para-hydroxylation sites is 1. The number of nitrogens with one attached hydrogen (secondary N) is 3. The summed E-state index contributed by atoms with van der Waals surface area (Å²) in [6, 6.07) is 14.4. The Morgan fingerprint density at radius 2 is 2.00 bits per heavy atom. The molecule has 0 saturated carbocycles. The molecule has 0 atom stereocenters. The van der Waals surface area contributed by atoms with E-state index in [1.54, 1.807) is 18.2 Å². The maximum absolute atomic E-state index is 14.0. The number of amides is 1. The summed E-state index contributed by atoms with van der Waals surface area (Å²) in [6.45, 7) is 0.471. The van der Waals surface area contributed by atoms with Gasteiger partial charge in [0.05, 0.1) is 17.5 Å². The van der Waals surface area contributed by atoms with Crippen LogP contribution in [0.2, 0.25) is 0 Å². The van der Waals surface area contributed by atoms with Crippen molar-refractivity contribution in [2.24, 2.45) is 0 Å². The zero-order valence-electron chi connectivity index (χ0n) is 13.9. The Bertz CT molecular complexity index is 1070. The van der Waals surface area contributed by atoms with Gasteiger partial charge in [-0.25, -0.2) is 4.39 Å². The number of fused-ring (bicyclic) bond motifs is 1. The lowest BCUT2D eigenvalue weighted by Gasteiger charge is -2.07. The van der Waals surface area contributed by atoms with E-state index in [4.69, 9.17) is 0 Å². The fourth-order valence-corrected chi connectivity index (χ4v) is 3.09. The second-order valence-corrected chi connectivity index (χ2v) is 6.00. The summed E-state index contributed by atoms with van der Waals surface area (Å²) in [5.74, 6) is -0.681. The summed E-state index contributed by atoms with van der Waals surface area (Å²) >= 11 is 0. The summed E-state index contributed by atoms with van der Waals surface area (Å²) < 4.78 is 14.0. The van der Waals surface area contributed by atoms with Crippen LogP contribution < -0.4 is 5.32 Å². The zero-order valence-corrected chi connectivity index (χ0v) is 13.9. The van der Waals surface area contributed by atoms with Gasteiger partial charge in [0.2, 0.25) is 0 Å². The standard InChI is InChI=1S/C20H17FN4O/c21-17-7-2-1-6-15(17)19-16(12-24-25-19)20(26)23-11-9-14-5-3-4-13-8-10-22-18(13)14/h1-8,10,12,22H,9,11H2,(H,23,26)(H,24,25). The lowest BCUT2D eigenvalue weighted by Crippen LogP contribution is -2.26. The number of rotatable bonds is 5. The number of carbonyl (C=O) groups is 1. The molecule has 4 aromatic rings. The highest BCUT2D eigenvalue weighted by Gasteiger charge is 2.17. The summed E-state index contributed by atoms with van der Waals surface area (Å²) in [4.78, 5) is 15.7. The van der Waals surface area contributed by atoms with E-state index in [-0.39, 0.29) is 5.91 Å². The van der Waals surface area contributed by atoms with Crippen molar-refractivity contribution in [1.82, 2.24) is 20.5 Å². The van der Waals surface area contributed by atoms with Crippen molar-refractivity contribution < 1.29 is 9.18 Å². The first kappa shape index (κ1) is 16.1. The number of nitrogens with zero attached hydrogens (tertiary/aromatic N) is 1. The fraction of sp³-hybridized carbons (Fsp3) is 0.100. The van der Waals surface area contributed by atoms with Crippen LogP contribution in [0.25, 0.3) is 22.2 Å². The van der Waals surface area contributed by atoms with Crippen molar-refractivity contribution in [2.45, 2.75) is 6.42 Å². The first-order chi connectivity index (χ1) is 12.7. The Morgan fingerprint density at radius 3 is 2.88 bits per heavy atom. The van der Waals surface area contributed by atoms with Crippen LogP contribution in [0, 0.1) is 5.82 Å². The van der Waals surface area contributed by atoms with Gasteiger partial charge in [-0.05, 0) is 35.6 Å². The molecule has 0 fully saturated rings. The number of hydrogen-bond acceptors (Lipinski definition) is 2. The Kier molecular flexibility index (Phi) is 4.23. The third-order valence-corrected chi connectivity index (χ3v) is 4.38. The molecule has 2 aromatic heterocycles. The maximum atomic E-state index is 14.0. The zero-order chi connectivity index (χ0) is 17.9. The van der Waals surface area contributed by atoms with Gasteiger partial charge in [-0.3, -0.25) is 9.89 Å². The van der Waals surface area contributed by atoms with Gasteiger partial charge < -0.3 is 10.3 Å². The van der Waals surface area contributed by atoms with Gasteiger partial charge in [0.1, 0.15) is 5.82 Å². The lowest BCUT2D eigenvalue weighted by atomic mass is 10.1. The minimum absolute atomic E-state index is 0.282. The highest BCUT2D eigenvalue weighted by molar-refractivity contribution is 5.99. The number of benzene rings is 2. The summed E-state index contributed by atoms with van der Waals surface area (Å²) in [5.41, 5.74) is 3.25. The number of halogens is 1. The van der Waals surface area contributed by atoms with Crippen molar-refractivity contribution in [3.8, 4) is 11.3 Å². The molecule has 5 nitrogen and oxygen atoms in total. The Morgan fingerprint density at radius 1 is 1.12 bits per heavy atom. The Labute approximate surface area is 149 Å². The molecule has 0 unspecified atom stereocenters. The van der Waals surface area contributed by atoms with Gasteiger partial charge in [0.15, 0.2) is 0 Å². The molecule has 0 aliphatic rings. The van der Waals surface area contributed by atoms with E-state index in [9.17, 15) is 9.18 Å². The highest BCUT2D eigenvalue weighted by atomic mass is 19.1. The predicted octanol–water partition coefficient (Wildman–Crippen LogP) is 3.67. The van der Waals surface area contributed by atoms with E-state index in [1.807, 2.05) is 30.5 Å². The van der Waals surface area contributed by atoms with Crippen LogP contribution in [-0.4, -0.2) is 27.6 Å². The van der Waals surface area contributed by atoms with Crippen molar-refractivity contribution >= 4 is 16.8 Å². The normalized spacial score (nSPS) is 11.0. The molecule has 26 heavy (non-hydrogen) atoms. The van der Waals surface area contributed by atoms with Crippen molar-refractivity contribution in [1.29, 1.82) is 0 Å². The van der Waals surface area contributed by atoms with Gasteiger partial charge in [-0.1, -0.05) is 30.3 Å². The molecule has 4 rings (SSSR count). The van der Waals surface area contributed by atoms with E-state index in [1.165, 1.54) is 12.3 Å². The second kappa shape index (κ2) is 6.84. The number of aromatic amines is 2. The minimum atomic E-state index is -0.399. The quantitative estimate of drug-likeness (QED) is 0.515. The topological polar surface area (TPSA) is 73.6 Å². The molecular weight excluding hydrogens is 331 g/mol. The Hall–Kier alpha value is -3.41. The first-order valence-electron chi connectivity index (χ1n) is 8.35. The maximum Gasteiger partial charge on any atom is 0.255 e. The third-order valence-electron chi connectivity index (χ3n) is 4.38. The molecule has 0 bridgehead atoms. The molecule has 0 spiro atoms. The number of hydrogen-bond donors (Lipinski definition) is 3. The van der Waals surface area contributed by atoms with E-state index < -0.39 is 5.82 Å². The van der Waals surface area contributed by atoms with Crippen LogP contribution in [0.5, 0.6) is 0 Å².